The summed E-state index contributed by atoms with van der Waals surface area (Å²) < 4.78 is 0. The number of nitrogens with one attached hydrogen (secondary N) is 2. The van der Waals surface area contributed by atoms with Gasteiger partial charge in [0.25, 0.3) is 0 Å². The van der Waals surface area contributed by atoms with E-state index in [1.165, 1.54) is 0 Å². The van der Waals surface area contributed by atoms with Gasteiger partial charge in [-0.15, -0.1) is 0 Å². The van der Waals surface area contributed by atoms with Crippen molar-refractivity contribution in [2.45, 2.75) is 72.9 Å². The van der Waals surface area contributed by atoms with Crippen LogP contribution in [0.5, 0.6) is 0 Å². The molecule has 1 aromatic carbocycles. The Bertz CT molecular complexity index is 817. The number of benzene rings is 1. The van der Waals surface area contributed by atoms with E-state index < -0.39 is 17.4 Å². The van der Waals surface area contributed by atoms with Gasteiger partial charge in [0.2, 0.25) is 5.91 Å². The topological polar surface area (TPSA) is 78.4 Å². The molecule has 0 saturated carbocycles. The minimum Gasteiger partial charge on any atom is -0.478 e. The van der Waals surface area contributed by atoms with Gasteiger partial charge in [0.15, 0.2) is 0 Å². The molecule has 5 heteroatoms. The van der Waals surface area contributed by atoms with E-state index in [1.807, 2.05) is 49.5 Å². The average Bonchev–Trinajstić information content (AvgIpc) is 2.69. The molecule has 0 unspecified atom stereocenters. The fourth-order valence-electron chi connectivity index (χ4n) is 3.71. The zero-order chi connectivity index (χ0) is 24.7. The summed E-state index contributed by atoms with van der Waals surface area (Å²) >= 11 is 0. The molecule has 0 spiro atoms. The molecule has 1 aromatic rings. The molecule has 1 rings (SSSR count). The van der Waals surface area contributed by atoms with Crippen molar-refractivity contribution in [1.82, 2.24) is 10.6 Å². The highest BCUT2D eigenvalue weighted by molar-refractivity contribution is 5.86. The van der Waals surface area contributed by atoms with Crippen molar-refractivity contribution in [1.29, 1.82) is 0 Å². The first-order valence-electron chi connectivity index (χ1n) is 11.3. The molecule has 3 atom stereocenters. The molecule has 0 aliphatic carbocycles. The fourth-order valence-corrected chi connectivity index (χ4v) is 3.71. The van der Waals surface area contributed by atoms with Crippen molar-refractivity contribution in [2.75, 3.05) is 7.05 Å². The summed E-state index contributed by atoms with van der Waals surface area (Å²) in [6.07, 6.45) is 5.81. The predicted molar refractivity (Wildman–Crippen MR) is 133 cm³/mol. The van der Waals surface area contributed by atoms with Crippen LogP contribution in [0.1, 0.15) is 61.0 Å². The molecule has 0 aliphatic heterocycles. The summed E-state index contributed by atoms with van der Waals surface area (Å²) in [5, 5.41) is 15.7. The second kappa shape index (κ2) is 11.5. The van der Waals surface area contributed by atoms with E-state index in [1.54, 1.807) is 13.0 Å². The summed E-state index contributed by atoms with van der Waals surface area (Å²) in [7, 11) is 1.81. The quantitative estimate of drug-likeness (QED) is 0.354. The number of amides is 1. The summed E-state index contributed by atoms with van der Waals surface area (Å²) in [6, 6.07) is 9.41. The third-order valence-corrected chi connectivity index (χ3v) is 6.10. The van der Waals surface area contributed by atoms with Crippen LogP contribution in [0.4, 0.5) is 0 Å². The Morgan fingerprint density at radius 3 is 2.00 bits per heavy atom. The van der Waals surface area contributed by atoms with Crippen LogP contribution in [-0.4, -0.2) is 36.1 Å². The first-order chi connectivity index (χ1) is 14.7. The van der Waals surface area contributed by atoms with Gasteiger partial charge in [-0.3, -0.25) is 4.79 Å². The zero-order valence-corrected chi connectivity index (χ0v) is 21.2. The van der Waals surface area contributed by atoms with Crippen LogP contribution in [0, 0.1) is 17.3 Å². The smallest absolute Gasteiger partial charge is 0.330 e. The third-order valence-electron chi connectivity index (χ3n) is 6.10. The maximum Gasteiger partial charge on any atom is 0.330 e. The van der Waals surface area contributed by atoms with Crippen LogP contribution in [-0.2, 0) is 15.0 Å². The molecule has 178 valence electrons. The Morgan fingerprint density at radius 1 is 1.00 bits per heavy atom. The molecule has 5 nitrogen and oxygen atoms in total. The van der Waals surface area contributed by atoms with E-state index in [0.29, 0.717) is 5.57 Å². The van der Waals surface area contributed by atoms with Gasteiger partial charge in [-0.2, -0.15) is 0 Å². The molecule has 0 fully saturated rings. The van der Waals surface area contributed by atoms with Crippen LogP contribution in [0.3, 0.4) is 0 Å². The second-order valence-electron chi connectivity index (χ2n) is 10.5. The third kappa shape index (κ3) is 7.63. The number of likely N-dealkylation sites (N-methyl/N-ethyl adjacent to an activating group) is 1. The number of carbonyl (C=O) groups is 2. The predicted octanol–water partition coefficient (Wildman–Crippen LogP) is 4.94. The second-order valence-corrected chi connectivity index (χ2v) is 10.5. The van der Waals surface area contributed by atoms with Gasteiger partial charge >= 0.3 is 5.97 Å². The molecule has 1 amide bonds. The van der Waals surface area contributed by atoms with E-state index in [2.05, 4.69) is 59.1 Å². The van der Waals surface area contributed by atoms with Crippen molar-refractivity contribution in [2.24, 2.45) is 17.3 Å². The largest absolute Gasteiger partial charge is 0.478 e. The molecular weight excluding hydrogens is 400 g/mol. The van der Waals surface area contributed by atoms with Gasteiger partial charge < -0.3 is 15.7 Å². The lowest BCUT2D eigenvalue weighted by Crippen LogP contribution is -2.56. The summed E-state index contributed by atoms with van der Waals surface area (Å²) in [6.45, 7) is 16.1. The lowest BCUT2D eigenvalue weighted by atomic mass is 9.76. The highest BCUT2D eigenvalue weighted by Gasteiger charge is 2.37. The van der Waals surface area contributed by atoms with Crippen LogP contribution < -0.4 is 10.6 Å². The van der Waals surface area contributed by atoms with Gasteiger partial charge in [0.1, 0.15) is 0 Å². The molecule has 0 aromatic heterocycles. The van der Waals surface area contributed by atoms with E-state index in [4.69, 9.17) is 0 Å². The lowest BCUT2D eigenvalue weighted by Gasteiger charge is -2.37. The summed E-state index contributed by atoms with van der Waals surface area (Å²) in [5.74, 6) is -0.776. The first-order valence-corrected chi connectivity index (χ1v) is 11.3. The SMILES string of the molecule is CN[C@H](C(=O)N[C@H](C=C[C@H](C=C(C)C(=O)O)C(C)C)C(C)(C)C)C(C)(C)c1ccccc1. The van der Waals surface area contributed by atoms with E-state index in [0.717, 1.165) is 5.56 Å². The Morgan fingerprint density at radius 2 is 1.56 bits per heavy atom. The number of hydrogen-bond acceptors (Lipinski definition) is 3. The van der Waals surface area contributed by atoms with Gasteiger partial charge in [-0.1, -0.05) is 97.0 Å². The Labute approximate surface area is 194 Å². The molecule has 0 bridgehead atoms. The van der Waals surface area contributed by atoms with Crippen molar-refractivity contribution in [3.63, 3.8) is 0 Å². The van der Waals surface area contributed by atoms with Gasteiger partial charge in [-0.25, -0.2) is 4.79 Å². The van der Waals surface area contributed by atoms with Crippen molar-refractivity contribution in [3.8, 4) is 0 Å². The standard InChI is InChI=1S/C27H42N2O3/c1-18(2)20(17-19(3)25(31)32)15-16-22(26(4,5)6)29-24(30)23(28-9)27(7,8)21-13-11-10-12-14-21/h10-18,20,22-23,28H,1-9H3,(H,29,30)(H,31,32)/t20-,22-,23-/m1/s1. The van der Waals surface area contributed by atoms with Gasteiger partial charge in [0, 0.05) is 11.0 Å². The first kappa shape index (κ1) is 27.6. The number of carboxylic acids is 1. The number of carbonyl (C=O) groups excluding carboxylic acids is 1. The minimum atomic E-state index is -0.912. The molecule has 3 N–H and O–H groups in total. The Balaban J connectivity index is 3.18. The fraction of sp³-hybridized carbons (Fsp3) is 0.556. The number of rotatable bonds is 10. The van der Waals surface area contributed by atoms with E-state index in [-0.39, 0.29) is 29.2 Å². The number of allylic oxidation sites excluding steroid dienone is 2. The van der Waals surface area contributed by atoms with Gasteiger partial charge in [-0.05, 0) is 36.8 Å². The highest BCUT2D eigenvalue weighted by Crippen LogP contribution is 2.28. The minimum absolute atomic E-state index is 0.0336. The normalized spacial score (nSPS) is 16.1. The molecule has 0 aliphatic rings. The van der Waals surface area contributed by atoms with Crippen LogP contribution in [0.25, 0.3) is 0 Å². The van der Waals surface area contributed by atoms with E-state index in [9.17, 15) is 14.7 Å². The zero-order valence-electron chi connectivity index (χ0n) is 21.2. The molecule has 0 radical (unpaired) electrons. The maximum absolute atomic E-state index is 13.4. The molecule has 32 heavy (non-hydrogen) atoms. The van der Waals surface area contributed by atoms with Crippen LogP contribution in [0.15, 0.2) is 54.1 Å². The van der Waals surface area contributed by atoms with Crippen LogP contribution in [0.2, 0.25) is 0 Å². The van der Waals surface area contributed by atoms with Crippen molar-refractivity contribution in [3.05, 3.63) is 59.7 Å². The monoisotopic (exact) mass is 442 g/mol. The van der Waals surface area contributed by atoms with Crippen molar-refractivity contribution < 1.29 is 14.7 Å². The van der Waals surface area contributed by atoms with E-state index >= 15 is 0 Å². The average molecular weight is 443 g/mol. The van der Waals surface area contributed by atoms with Crippen molar-refractivity contribution >= 4 is 11.9 Å². The lowest BCUT2D eigenvalue weighted by molar-refractivity contribution is -0.132. The number of aliphatic carboxylic acids is 1. The van der Waals surface area contributed by atoms with Crippen LogP contribution >= 0.6 is 0 Å². The molecular formula is C27H42N2O3. The Hall–Kier alpha value is -2.40. The maximum atomic E-state index is 13.4. The summed E-state index contributed by atoms with van der Waals surface area (Å²) in [5.41, 5.74) is 0.790. The molecule has 0 heterocycles. The number of carboxylic acid groups (broad SMARTS) is 1. The Kier molecular flexibility index (Phi) is 9.90. The number of hydrogen-bond donors (Lipinski definition) is 3. The highest BCUT2D eigenvalue weighted by atomic mass is 16.4. The van der Waals surface area contributed by atoms with Gasteiger partial charge in [0.05, 0.1) is 12.1 Å². The summed E-state index contributed by atoms with van der Waals surface area (Å²) in [4.78, 5) is 24.7. The molecule has 0 saturated heterocycles.